The number of nitro benzene ring substituents is 1. The Bertz CT molecular complexity index is 709. The van der Waals surface area contributed by atoms with Gasteiger partial charge in [0.25, 0.3) is 5.69 Å². The van der Waals surface area contributed by atoms with Crippen molar-refractivity contribution < 1.29 is 9.72 Å². The lowest BCUT2D eigenvalue weighted by Crippen LogP contribution is -2.34. The molecule has 24 heavy (non-hydrogen) atoms. The van der Waals surface area contributed by atoms with Gasteiger partial charge in [-0.3, -0.25) is 14.9 Å². The molecule has 2 bridgehead atoms. The van der Waals surface area contributed by atoms with E-state index in [1.807, 2.05) is 0 Å². The van der Waals surface area contributed by atoms with Crippen molar-refractivity contribution in [2.24, 2.45) is 21.8 Å². The normalized spacial score (nSPS) is 29.0. The summed E-state index contributed by atoms with van der Waals surface area (Å²) in [6, 6.07) is 6.03. The number of nitrogens with zero attached hydrogens (tertiary/aromatic N) is 2. The highest BCUT2D eigenvalue weighted by Gasteiger charge is 2.59. The molecule has 2 aliphatic carbocycles. The summed E-state index contributed by atoms with van der Waals surface area (Å²) in [7, 11) is 0. The van der Waals surface area contributed by atoms with Gasteiger partial charge in [0.05, 0.1) is 11.3 Å². The fourth-order valence-corrected chi connectivity index (χ4v) is 4.19. The summed E-state index contributed by atoms with van der Waals surface area (Å²) >= 11 is 0. The van der Waals surface area contributed by atoms with Gasteiger partial charge in [-0.2, -0.15) is 5.10 Å². The van der Waals surface area contributed by atoms with E-state index in [2.05, 4.69) is 31.3 Å². The van der Waals surface area contributed by atoms with Crippen LogP contribution in [0.1, 0.15) is 45.6 Å². The number of benzene rings is 1. The van der Waals surface area contributed by atoms with Crippen LogP contribution in [-0.2, 0) is 11.2 Å². The minimum atomic E-state index is -0.451. The number of non-ortho nitro benzene ring substituents is 1. The zero-order chi connectivity index (χ0) is 17.5. The number of hydrogen-bond acceptors (Lipinski definition) is 4. The summed E-state index contributed by atoms with van der Waals surface area (Å²) in [4.78, 5) is 22.3. The Morgan fingerprint density at radius 2 is 2.00 bits per heavy atom. The van der Waals surface area contributed by atoms with Crippen LogP contribution in [-0.4, -0.2) is 16.5 Å². The quantitative estimate of drug-likeness (QED) is 0.678. The molecule has 0 heterocycles. The van der Waals surface area contributed by atoms with E-state index in [1.165, 1.54) is 18.6 Å². The zero-order valence-corrected chi connectivity index (χ0v) is 14.3. The van der Waals surface area contributed by atoms with Crippen LogP contribution in [0, 0.1) is 26.9 Å². The van der Waals surface area contributed by atoms with Gasteiger partial charge >= 0.3 is 0 Å². The van der Waals surface area contributed by atoms with Gasteiger partial charge in [0, 0.05) is 23.3 Å². The highest BCUT2D eigenvalue weighted by Crippen LogP contribution is 2.63. The molecule has 3 rings (SSSR count). The van der Waals surface area contributed by atoms with Crippen molar-refractivity contribution in [1.82, 2.24) is 5.43 Å². The second-order valence-electron chi connectivity index (χ2n) is 7.69. The maximum atomic E-state index is 12.1. The molecule has 0 radical (unpaired) electrons. The van der Waals surface area contributed by atoms with Crippen molar-refractivity contribution in [3.8, 4) is 0 Å². The largest absolute Gasteiger partial charge is 0.273 e. The Labute approximate surface area is 141 Å². The molecule has 2 saturated carbocycles. The number of nitrogens with one attached hydrogen (secondary N) is 1. The molecule has 1 N–H and O–H groups in total. The molecule has 1 aromatic carbocycles. The van der Waals surface area contributed by atoms with Crippen LogP contribution in [0.2, 0.25) is 0 Å². The molecule has 1 amide bonds. The van der Waals surface area contributed by atoms with Crippen molar-refractivity contribution in [3.05, 3.63) is 39.9 Å². The van der Waals surface area contributed by atoms with Crippen molar-refractivity contribution >= 4 is 17.3 Å². The first kappa shape index (κ1) is 16.6. The smallest absolute Gasteiger partial charge is 0.269 e. The molecular formula is C18H23N3O3. The minimum Gasteiger partial charge on any atom is -0.273 e. The Balaban J connectivity index is 1.63. The van der Waals surface area contributed by atoms with Gasteiger partial charge in [0.15, 0.2) is 0 Å². The summed E-state index contributed by atoms with van der Waals surface area (Å²) in [5.41, 5.74) is 4.83. The topological polar surface area (TPSA) is 84.6 Å². The van der Waals surface area contributed by atoms with Crippen molar-refractivity contribution in [2.75, 3.05) is 0 Å². The Kier molecular flexibility index (Phi) is 3.94. The fraction of sp³-hybridized carbons (Fsp3) is 0.556. The standard InChI is InChI=1S/C18H23N3O3/c1-17(2)13-8-9-18(17,3)15(11-13)19-20-16(22)10-12-4-6-14(7-5-12)21(23)24/h4-7,13H,8-11H2,1-3H3,(H,20,22)/b19-15+/t13-,18+/m1/s1. The number of rotatable bonds is 4. The van der Waals surface area contributed by atoms with Crippen LogP contribution < -0.4 is 5.43 Å². The number of hydrogen-bond donors (Lipinski definition) is 1. The van der Waals surface area contributed by atoms with Gasteiger partial charge in [-0.05, 0) is 36.2 Å². The van der Waals surface area contributed by atoms with Crippen LogP contribution in [0.4, 0.5) is 5.69 Å². The maximum absolute atomic E-state index is 12.1. The van der Waals surface area contributed by atoms with E-state index in [9.17, 15) is 14.9 Å². The average molecular weight is 329 g/mol. The summed E-state index contributed by atoms with van der Waals surface area (Å²) in [5.74, 6) is 0.452. The maximum Gasteiger partial charge on any atom is 0.269 e. The van der Waals surface area contributed by atoms with Gasteiger partial charge < -0.3 is 0 Å². The lowest BCUT2D eigenvalue weighted by atomic mass is 9.70. The number of nitro groups is 1. The highest BCUT2D eigenvalue weighted by molar-refractivity contribution is 5.95. The molecule has 6 heteroatoms. The summed E-state index contributed by atoms with van der Waals surface area (Å²) in [5, 5.41) is 15.1. The molecule has 128 valence electrons. The number of fused-ring (bicyclic) bond motifs is 2. The summed E-state index contributed by atoms with van der Waals surface area (Å²) < 4.78 is 0. The van der Waals surface area contributed by atoms with Crippen LogP contribution in [0.15, 0.2) is 29.4 Å². The molecule has 1 aromatic rings. The Hall–Kier alpha value is -2.24. The van der Waals surface area contributed by atoms with Gasteiger partial charge in [-0.25, -0.2) is 5.43 Å². The first-order chi connectivity index (χ1) is 11.2. The first-order valence-corrected chi connectivity index (χ1v) is 8.33. The summed E-state index contributed by atoms with van der Waals surface area (Å²) in [6.45, 7) is 6.85. The van der Waals surface area contributed by atoms with Crippen LogP contribution >= 0.6 is 0 Å². The van der Waals surface area contributed by atoms with Crippen LogP contribution in [0.5, 0.6) is 0 Å². The van der Waals surface area contributed by atoms with Crippen LogP contribution in [0.25, 0.3) is 0 Å². The van der Waals surface area contributed by atoms with Gasteiger partial charge in [-0.1, -0.05) is 32.9 Å². The third-order valence-electron chi connectivity index (χ3n) is 6.34. The number of carbonyl (C=O) groups excluding carboxylic acids is 1. The number of carbonyl (C=O) groups is 1. The first-order valence-electron chi connectivity index (χ1n) is 8.33. The van der Waals surface area contributed by atoms with E-state index in [0.29, 0.717) is 5.92 Å². The van der Waals surface area contributed by atoms with E-state index in [0.717, 1.165) is 24.1 Å². The molecule has 0 unspecified atom stereocenters. The molecular weight excluding hydrogens is 306 g/mol. The van der Waals surface area contributed by atoms with Crippen LogP contribution in [0.3, 0.4) is 0 Å². The lowest BCUT2D eigenvalue weighted by molar-refractivity contribution is -0.384. The average Bonchev–Trinajstić information content (AvgIpc) is 2.86. The van der Waals surface area contributed by atoms with Crippen molar-refractivity contribution in [2.45, 2.75) is 46.5 Å². The molecule has 0 spiro atoms. The van der Waals surface area contributed by atoms with E-state index in [1.54, 1.807) is 12.1 Å². The molecule has 0 aliphatic heterocycles. The third-order valence-corrected chi connectivity index (χ3v) is 6.34. The van der Waals surface area contributed by atoms with Gasteiger partial charge in [0.2, 0.25) is 5.91 Å². The predicted octanol–water partition coefficient (Wildman–Crippen LogP) is 3.46. The molecule has 6 nitrogen and oxygen atoms in total. The Morgan fingerprint density at radius 1 is 1.33 bits per heavy atom. The minimum absolute atomic E-state index is 0.0246. The Morgan fingerprint density at radius 3 is 2.50 bits per heavy atom. The SMILES string of the molecule is CC1(C)[C@@H]2CC[C@@]1(C)/C(=N/NC(=O)Cc1ccc([N+](=O)[O-])cc1)C2. The highest BCUT2D eigenvalue weighted by atomic mass is 16.6. The monoisotopic (exact) mass is 329 g/mol. The third kappa shape index (κ3) is 2.60. The lowest BCUT2D eigenvalue weighted by Gasteiger charge is -2.34. The molecule has 0 aromatic heterocycles. The van der Waals surface area contributed by atoms with E-state index in [-0.39, 0.29) is 28.8 Å². The number of hydrazone groups is 1. The predicted molar refractivity (Wildman–Crippen MR) is 91.6 cm³/mol. The summed E-state index contributed by atoms with van der Waals surface area (Å²) in [6.07, 6.45) is 3.49. The second kappa shape index (κ2) is 5.69. The van der Waals surface area contributed by atoms with Crippen molar-refractivity contribution in [3.63, 3.8) is 0 Å². The molecule has 0 saturated heterocycles. The van der Waals surface area contributed by atoms with E-state index < -0.39 is 4.92 Å². The van der Waals surface area contributed by atoms with E-state index in [4.69, 9.17) is 0 Å². The fourth-order valence-electron chi connectivity index (χ4n) is 4.19. The van der Waals surface area contributed by atoms with Gasteiger partial charge in [0.1, 0.15) is 0 Å². The zero-order valence-electron chi connectivity index (χ0n) is 14.3. The molecule has 2 aliphatic rings. The molecule has 2 atom stereocenters. The van der Waals surface area contributed by atoms with E-state index >= 15 is 0 Å². The molecule has 2 fully saturated rings. The number of amides is 1. The second-order valence-corrected chi connectivity index (χ2v) is 7.69. The van der Waals surface area contributed by atoms with Crippen molar-refractivity contribution in [1.29, 1.82) is 0 Å². The van der Waals surface area contributed by atoms with Gasteiger partial charge in [-0.15, -0.1) is 0 Å².